The lowest BCUT2D eigenvalue weighted by Gasteiger charge is -2.35. The summed E-state index contributed by atoms with van der Waals surface area (Å²) in [7, 11) is 0. The minimum Gasteiger partial charge on any atom is -0.444 e. The first-order valence-electron chi connectivity index (χ1n) is 42.0. The van der Waals surface area contributed by atoms with Crippen molar-refractivity contribution in [1.82, 2.24) is 71.2 Å². The van der Waals surface area contributed by atoms with Gasteiger partial charge in [-0.2, -0.15) is 10.2 Å². The number of amides is 5. The summed E-state index contributed by atoms with van der Waals surface area (Å²) >= 11 is 0. The van der Waals surface area contributed by atoms with Crippen molar-refractivity contribution in [2.75, 3.05) is 76.3 Å². The van der Waals surface area contributed by atoms with Crippen LogP contribution in [0.1, 0.15) is 190 Å². The quantitative estimate of drug-likeness (QED) is 0.0247. The molecule has 4 aromatic heterocycles. The second kappa shape index (κ2) is 41.1. The maximum atomic E-state index is 15.2. The Morgan fingerprint density at radius 1 is 0.567 bits per heavy atom. The monoisotopic (exact) mass is 1640 g/mol. The second-order valence-electron chi connectivity index (χ2n) is 32.3. The summed E-state index contributed by atoms with van der Waals surface area (Å²) in [6.45, 7) is 32.9. The first-order valence-corrected chi connectivity index (χ1v) is 42.0. The number of anilines is 2. The van der Waals surface area contributed by atoms with Crippen molar-refractivity contribution in [2.24, 2.45) is 0 Å². The zero-order chi connectivity index (χ0) is 85.2. The number of hydrogen-bond acceptors (Lipinski definition) is 18. The molecule has 634 valence electrons. The standard InChI is InChI=1S/C44H53FN8O3.C39H41FN6O4.C10H20N2O2/c1-5-40-37(41(50-35-12-16-56-17-13-35)38-25-49-53(6-2)42(38)51-40)24-48-44(55)34-19-28(3)18-33(22-34)43(54)47-23-30-10-11-39(45)36(21-30)32-9-7-8-31(20-32)27-52-15-14-46-29(4)26-52;1-4-35-32(36(44-30-11-13-50-14-12-30)33-22-43-46(5-2)37(33)45-35)21-42-39(49)29-16-24(3)15-28(19-29)38(48)41-20-25-9-10-34(40)31(18-25)27-8-6-7-26(17-27)23-47;1-8-7-11-5-6-12(8)9(13)14-10(2,3)4/h7-11,18-22,25,29,35,46H,5-6,12-17,23-24,26-27H2,1-4H3,(H,47,54)(H,48,55)(H,50,51);6-10,15-19,22-23,30H,4-5,11-14,20-21H2,1-3H3,(H,41,48)(H,42,49)(H,44,45);8,11H,5-7H2,1-4H3/t29-;;8-/m0.0/s1. The van der Waals surface area contributed by atoms with Crippen LogP contribution in [-0.2, 0) is 72.9 Å². The molecule has 4 saturated heterocycles. The van der Waals surface area contributed by atoms with Gasteiger partial charge in [0.1, 0.15) is 23.5 Å². The summed E-state index contributed by atoms with van der Waals surface area (Å²) in [6, 6.07) is 35.6. The highest BCUT2D eigenvalue weighted by Crippen LogP contribution is 2.35. The van der Waals surface area contributed by atoms with Gasteiger partial charge in [-0.3, -0.25) is 28.9 Å². The molecule has 6 aromatic carbocycles. The van der Waals surface area contributed by atoms with E-state index in [9.17, 15) is 33.2 Å². The fourth-order valence-corrected chi connectivity index (χ4v) is 15.7. The molecule has 4 aliphatic heterocycles. The third kappa shape index (κ3) is 22.8. The van der Waals surface area contributed by atoms with Gasteiger partial charge in [-0.05, 0) is 213 Å². The normalized spacial score (nSPS) is 16.0. The summed E-state index contributed by atoms with van der Waals surface area (Å²) in [5.41, 5.74) is 15.0. The number of hydrogen-bond donors (Lipinski definition) is 8. The molecule has 120 heavy (non-hydrogen) atoms. The number of piperazine rings is 2. The average Bonchev–Trinajstić information content (AvgIpc) is 1.60. The van der Waals surface area contributed by atoms with Gasteiger partial charge in [0.05, 0.1) is 34.5 Å². The third-order valence-corrected chi connectivity index (χ3v) is 21.9. The SMILES string of the molecule is CCc1nc2c(cnn2CC)c(NC2CCOCC2)c1CNC(=O)c1cc(C)cc(C(=O)NCc2ccc(F)c(-c3cccc(C=O)c3)c2)c1.CCc1nc2c(cnn2CC)c(NC2CCOCC2)c1CNC(=O)c1cc(C)cc(C(=O)NCc2ccc(F)c(-c3cccc(CN4CCN[C@@H](C)C4)c3)c2)c1.C[C@H]1CNCCN1C(=O)OC(C)(C)C. The zero-order valence-corrected chi connectivity index (χ0v) is 70.9. The van der Waals surface area contributed by atoms with Crippen LogP contribution in [0.4, 0.5) is 25.0 Å². The fourth-order valence-electron chi connectivity index (χ4n) is 15.7. The summed E-state index contributed by atoms with van der Waals surface area (Å²) in [6.07, 6.45) is 9.10. The van der Waals surface area contributed by atoms with Crippen molar-refractivity contribution in [2.45, 2.75) is 190 Å². The van der Waals surface area contributed by atoms with Crippen molar-refractivity contribution >= 4 is 69.4 Å². The van der Waals surface area contributed by atoms with E-state index < -0.39 is 11.4 Å². The van der Waals surface area contributed by atoms with Crippen LogP contribution in [0.5, 0.6) is 0 Å². The van der Waals surface area contributed by atoms with Crippen LogP contribution >= 0.6 is 0 Å². The van der Waals surface area contributed by atoms with E-state index in [0.717, 1.165) is 155 Å². The number of aromatic nitrogens is 6. The molecule has 0 spiro atoms. The number of carbonyl (C=O) groups is 6. The van der Waals surface area contributed by atoms with E-state index in [1.807, 2.05) is 102 Å². The van der Waals surface area contributed by atoms with Crippen molar-refractivity contribution < 1.29 is 51.8 Å². The van der Waals surface area contributed by atoms with Gasteiger partial charge in [-0.1, -0.05) is 62.4 Å². The average molecular weight is 1640 g/mol. The van der Waals surface area contributed by atoms with Crippen LogP contribution in [0.15, 0.2) is 134 Å². The molecule has 4 fully saturated rings. The number of nitrogens with one attached hydrogen (secondary N) is 8. The highest BCUT2D eigenvalue weighted by atomic mass is 19.1. The van der Waals surface area contributed by atoms with Gasteiger partial charge in [0.15, 0.2) is 11.3 Å². The van der Waals surface area contributed by atoms with E-state index in [1.54, 1.807) is 89.8 Å². The predicted octanol–water partition coefficient (Wildman–Crippen LogP) is 14.0. The number of aryl methyl sites for hydroxylation is 6. The zero-order valence-electron chi connectivity index (χ0n) is 70.9. The summed E-state index contributed by atoms with van der Waals surface area (Å²) in [4.78, 5) is 91.2. The highest BCUT2D eigenvalue weighted by Gasteiger charge is 2.30. The van der Waals surface area contributed by atoms with Crippen molar-refractivity contribution in [3.63, 3.8) is 0 Å². The molecule has 0 saturated carbocycles. The Balaban J connectivity index is 0.000000190. The molecular formula is C93H114F2N16O9. The van der Waals surface area contributed by atoms with E-state index >= 15 is 4.39 Å². The van der Waals surface area contributed by atoms with Crippen molar-refractivity contribution in [3.8, 4) is 22.3 Å². The fraction of sp³-hybridized carbons (Fsp3) is 0.419. The van der Waals surface area contributed by atoms with E-state index in [0.29, 0.717) is 115 Å². The molecule has 10 aromatic rings. The number of fused-ring (bicyclic) bond motifs is 2. The Hall–Kier alpha value is -11.4. The predicted molar refractivity (Wildman–Crippen MR) is 464 cm³/mol. The van der Waals surface area contributed by atoms with Gasteiger partial charge in [0.2, 0.25) is 0 Å². The molecule has 2 atom stereocenters. The molecule has 0 radical (unpaired) electrons. The van der Waals surface area contributed by atoms with Gasteiger partial charge in [0, 0.05) is 197 Å². The summed E-state index contributed by atoms with van der Waals surface area (Å²) < 4.78 is 50.2. The second-order valence-corrected chi connectivity index (χ2v) is 32.3. The molecule has 25 nitrogen and oxygen atoms in total. The third-order valence-electron chi connectivity index (χ3n) is 21.9. The van der Waals surface area contributed by atoms with Crippen LogP contribution in [-0.4, -0.2) is 171 Å². The summed E-state index contributed by atoms with van der Waals surface area (Å²) in [5.74, 6) is -2.03. The lowest BCUT2D eigenvalue weighted by atomic mass is 10.00. The topological polar surface area (TPSA) is 294 Å². The maximum absolute atomic E-state index is 15.2. The number of halogens is 2. The Labute approximate surface area is 701 Å². The van der Waals surface area contributed by atoms with Gasteiger partial charge in [-0.25, -0.2) is 32.9 Å². The number of benzene rings is 6. The van der Waals surface area contributed by atoms with Gasteiger partial charge < -0.3 is 61.6 Å². The minimum absolute atomic E-state index is 0.141. The van der Waals surface area contributed by atoms with Crippen molar-refractivity contribution in [3.05, 3.63) is 224 Å². The summed E-state index contributed by atoms with van der Waals surface area (Å²) in [5, 5.41) is 37.3. The number of nitrogens with zero attached hydrogens (tertiary/aromatic N) is 8. The first kappa shape index (κ1) is 87.9. The number of aldehydes is 1. The number of rotatable bonds is 25. The van der Waals surface area contributed by atoms with Crippen molar-refractivity contribution in [1.29, 1.82) is 0 Å². The molecule has 0 unspecified atom stereocenters. The van der Waals surface area contributed by atoms with Crippen LogP contribution in [0, 0.1) is 25.5 Å². The lowest BCUT2D eigenvalue weighted by Crippen LogP contribution is -2.53. The largest absolute Gasteiger partial charge is 0.444 e. The Bertz CT molecular complexity index is 5300. The Morgan fingerprint density at radius 3 is 1.48 bits per heavy atom. The molecule has 4 aliphatic rings. The molecule has 8 heterocycles. The molecule has 5 amide bonds. The van der Waals surface area contributed by atoms with Gasteiger partial charge in [0.25, 0.3) is 23.6 Å². The smallest absolute Gasteiger partial charge is 0.410 e. The van der Waals surface area contributed by atoms with Crippen LogP contribution < -0.4 is 42.5 Å². The van der Waals surface area contributed by atoms with E-state index in [-0.39, 0.29) is 79.8 Å². The molecule has 0 bridgehead atoms. The van der Waals surface area contributed by atoms with Crippen LogP contribution in [0.2, 0.25) is 0 Å². The van der Waals surface area contributed by atoms with Gasteiger partial charge >= 0.3 is 6.09 Å². The number of pyridine rings is 2. The molecule has 0 aliphatic carbocycles. The molecule has 8 N–H and O–H groups in total. The molecule has 14 rings (SSSR count). The molecular weight excluding hydrogens is 1520 g/mol. The van der Waals surface area contributed by atoms with E-state index in [1.165, 1.54) is 12.1 Å². The van der Waals surface area contributed by atoms with Crippen LogP contribution in [0.3, 0.4) is 0 Å². The number of ether oxygens (including phenoxy) is 3. The van der Waals surface area contributed by atoms with Gasteiger partial charge in [-0.15, -0.1) is 0 Å². The maximum Gasteiger partial charge on any atom is 0.410 e. The number of carbonyl (C=O) groups excluding carboxylic acids is 6. The molecule has 27 heteroatoms. The minimum atomic E-state index is -0.429. The Kier molecular flexibility index (Phi) is 30.1. The van der Waals surface area contributed by atoms with E-state index in [2.05, 4.69) is 77.5 Å². The van der Waals surface area contributed by atoms with Crippen LogP contribution in [0.25, 0.3) is 44.3 Å². The lowest BCUT2D eigenvalue weighted by molar-refractivity contribution is 0.0140. The Morgan fingerprint density at radius 2 is 1.03 bits per heavy atom. The van der Waals surface area contributed by atoms with E-state index in [4.69, 9.17) is 24.2 Å². The first-order chi connectivity index (χ1) is 57.9. The highest BCUT2D eigenvalue weighted by molar-refractivity contribution is 6.02.